The van der Waals surface area contributed by atoms with Gasteiger partial charge < -0.3 is 18.8 Å². The first-order valence-corrected chi connectivity index (χ1v) is 24.3. The number of hydrogen-bond acceptors (Lipinski definition) is 8. The van der Waals surface area contributed by atoms with Gasteiger partial charge in [-0.05, 0) is 85.2 Å². The zero-order valence-electron chi connectivity index (χ0n) is 31.8. The van der Waals surface area contributed by atoms with E-state index in [1.807, 2.05) is 30.1 Å². The molecule has 0 amide bonds. The molecular formula is C34H58BN5O6Si2. The van der Waals surface area contributed by atoms with Gasteiger partial charge in [0.25, 0.3) is 5.69 Å². The minimum Gasteiger partial charge on any atom is -0.399 e. The van der Waals surface area contributed by atoms with E-state index in [0.29, 0.717) is 13.5 Å². The molecule has 3 heterocycles. The molecule has 0 radical (unpaired) electrons. The highest BCUT2D eigenvalue weighted by Crippen LogP contribution is 2.37. The fourth-order valence-electron chi connectivity index (χ4n) is 5.19. The fourth-order valence-corrected chi connectivity index (χ4v) is 6.70. The maximum atomic E-state index is 10.8. The summed E-state index contributed by atoms with van der Waals surface area (Å²) < 4.78 is 27.8. The predicted octanol–water partition coefficient (Wildman–Crippen LogP) is 7.50. The van der Waals surface area contributed by atoms with Crippen LogP contribution in [0.4, 0.5) is 5.69 Å². The van der Waals surface area contributed by atoms with E-state index in [-0.39, 0.29) is 28.9 Å². The summed E-state index contributed by atoms with van der Waals surface area (Å²) in [6.45, 7) is 32.8. The molecule has 0 atom stereocenters. The minimum absolute atomic E-state index is 0.0936. The van der Waals surface area contributed by atoms with Gasteiger partial charge in [0.15, 0.2) is 0 Å². The highest BCUT2D eigenvalue weighted by molar-refractivity contribution is 6.76. The Balaban J connectivity index is 0.000000260. The molecule has 1 aliphatic heterocycles. The van der Waals surface area contributed by atoms with Crippen LogP contribution in [-0.2, 0) is 32.2 Å². The van der Waals surface area contributed by atoms with Gasteiger partial charge in [-0.2, -0.15) is 10.2 Å². The molecule has 1 fully saturated rings. The van der Waals surface area contributed by atoms with Crippen LogP contribution in [0.15, 0.2) is 24.3 Å². The second-order valence-corrected chi connectivity index (χ2v) is 27.5. The molecule has 1 aliphatic rings. The number of aryl methyl sites for hydroxylation is 2. The van der Waals surface area contributed by atoms with Crippen molar-refractivity contribution in [2.45, 2.75) is 131 Å². The van der Waals surface area contributed by atoms with Crippen molar-refractivity contribution in [2.24, 2.45) is 0 Å². The van der Waals surface area contributed by atoms with Crippen LogP contribution in [0, 0.1) is 37.8 Å². The summed E-state index contributed by atoms with van der Waals surface area (Å²) in [7, 11) is -2.52. The molecular weight excluding hydrogens is 641 g/mol. The van der Waals surface area contributed by atoms with Crippen molar-refractivity contribution in [1.29, 1.82) is 0 Å². The fraction of sp³-hybridized carbons (Fsp3) is 0.647. The van der Waals surface area contributed by atoms with Gasteiger partial charge in [-0.25, -0.2) is 9.36 Å². The molecule has 48 heavy (non-hydrogen) atoms. The SMILES string of the molecule is Cc1nn(COCC[Si](C)(C)C)c(C)c1-c1ccc([N+](=O)[O-])cc1.Cc1nn(COCC[Si](C)(C)C)c(C)c1B1OC(C)(C)C(C)(C)O1. The lowest BCUT2D eigenvalue weighted by Gasteiger charge is -2.32. The molecule has 2 aromatic heterocycles. The molecule has 4 rings (SSSR count). The minimum atomic E-state index is -1.09. The number of non-ortho nitro benzene ring substituents is 1. The van der Waals surface area contributed by atoms with E-state index in [4.69, 9.17) is 18.8 Å². The third-order valence-corrected chi connectivity index (χ3v) is 12.5. The van der Waals surface area contributed by atoms with Crippen molar-refractivity contribution in [3.8, 4) is 11.1 Å². The zero-order valence-corrected chi connectivity index (χ0v) is 33.8. The Morgan fingerprint density at radius 3 is 1.65 bits per heavy atom. The standard InChI is InChI=1S/C17H33BN2O3Si.C17H25N3O3Si/c1-13-15(18-22-16(3,4)17(5,6)23-18)14(2)20(19-13)12-21-10-11-24(7,8)9;1-13-17(15-6-8-16(9-7-15)20(21)22)14(2)19(18-13)12-23-10-11-24(3,4)5/h10-12H2,1-9H3;6-9H,10-12H2,1-5H3. The maximum absolute atomic E-state index is 10.8. The lowest BCUT2D eigenvalue weighted by atomic mass is 9.77. The van der Waals surface area contributed by atoms with Crippen molar-refractivity contribution >= 4 is 34.4 Å². The monoisotopic (exact) mass is 699 g/mol. The largest absolute Gasteiger partial charge is 0.498 e. The first kappa shape index (κ1) is 39.8. The van der Waals surface area contributed by atoms with E-state index in [1.165, 1.54) is 12.1 Å². The van der Waals surface area contributed by atoms with Gasteiger partial charge in [0.2, 0.25) is 0 Å². The van der Waals surface area contributed by atoms with Gasteiger partial charge in [-0.1, -0.05) is 39.3 Å². The summed E-state index contributed by atoms with van der Waals surface area (Å²) in [5.41, 5.74) is 6.29. The third-order valence-electron chi connectivity index (χ3n) is 9.09. The topological polar surface area (TPSA) is 116 Å². The van der Waals surface area contributed by atoms with Crippen LogP contribution in [0.1, 0.15) is 50.5 Å². The predicted molar refractivity (Wildman–Crippen MR) is 199 cm³/mol. The molecule has 0 bridgehead atoms. The molecule has 0 aliphatic carbocycles. The second kappa shape index (κ2) is 15.5. The molecule has 0 unspecified atom stereocenters. The van der Waals surface area contributed by atoms with Crippen molar-refractivity contribution in [1.82, 2.24) is 19.6 Å². The Hall–Kier alpha value is -2.62. The average molecular weight is 700 g/mol. The number of nitro groups is 1. The highest BCUT2D eigenvalue weighted by Gasteiger charge is 2.53. The highest BCUT2D eigenvalue weighted by atomic mass is 28.3. The van der Waals surface area contributed by atoms with Crippen molar-refractivity contribution in [3.63, 3.8) is 0 Å². The number of nitro benzene ring substituents is 1. The van der Waals surface area contributed by atoms with Crippen LogP contribution >= 0.6 is 0 Å². The summed E-state index contributed by atoms with van der Waals surface area (Å²) in [6, 6.07) is 8.88. The Bertz CT molecular complexity index is 1530. The second-order valence-electron chi connectivity index (χ2n) is 16.2. The van der Waals surface area contributed by atoms with Crippen LogP contribution < -0.4 is 5.46 Å². The summed E-state index contributed by atoms with van der Waals surface area (Å²) in [5.74, 6) is 0. The first-order valence-electron chi connectivity index (χ1n) is 16.9. The molecule has 14 heteroatoms. The van der Waals surface area contributed by atoms with Gasteiger partial charge in [-0.15, -0.1) is 0 Å². The van der Waals surface area contributed by atoms with Gasteiger partial charge in [0.05, 0.1) is 27.5 Å². The van der Waals surface area contributed by atoms with Gasteiger partial charge >= 0.3 is 7.12 Å². The number of benzene rings is 1. The average Bonchev–Trinajstić information content (AvgIpc) is 3.48. The van der Waals surface area contributed by atoms with Crippen LogP contribution in [-0.4, -0.2) is 72.2 Å². The Morgan fingerprint density at radius 1 is 0.771 bits per heavy atom. The normalized spacial score (nSPS) is 15.8. The van der Waals surface area contributed by atoms with Crippen molar-refractivity contribution in [2.75, 3.05) is 13.2 Å². The Labute approximate surface area is 290 Å². The van der Waals surface area contributed by atoms with Gasteiger partial charge in [0, 0.05) is 63.9 Å². The van der Waals surface area contributed by atoms with E-state index in [0.717, 1.165) is 64.7 Å². The number of ether oxygens (including phenoxy) is 2. The number of aromatic nitrogens is 4. The van der Waals surface area contributed by atoms with E-state index in [2.05, 4.69) is 84.1 Å². The molecule has 3 aromatic rings. The smallest absolute Gasteiger partial charge is 0.399 e. The van der Waals surface area contributed by atoms with Crippen molar-refractivity contribution < 1.29 is 23.7 Å². The summed E-state index contributed by atoms with van der Waals surface area (Å²) in [4.78, 5) is 10.4. The van der Waals surface area contributed by atoms with Gasteiger partial charge in [0.1, 0.15) is 13.5 Å². The molecule has 1 aromatic carbocycles. The number of hydrogen-bond donors (Lipinski definition) is 0. The third kappa shape index (κ3) is 10.4. The van der Waals surface area contributed by atoms with E-state index >= 15 is 0 Å². The number of nitrogens with zero attached hydrogens (tertiary/aromatic N) is 5. The zero-order chi connectivity index (χ0) is 36.2. The quantitative estimate of drug-likeness (QED) is 0.0780. The Morgan fingerprint density at radius 2 is 1.21 bits per heavy atom. The molecule has 0 spiro atoms. The van der Waals surface area contributed by atoms with Crippen LogP contribution in [0.3, 0.4) is 0 Å². The van der Waals surface area contributed by atoms with Crippen molar-refractivity contribution in [3.05, 3.63) is 57.2 Å². The summed E-state index contributed by atoms with van der Waals surface area (Å²) in [6.07, 6.45) is 0. The molecule has 11 nitrogen and oxygen atoms in total. The lowest BCUT2D eigenvalue weighted by Crippen LogP contribution is -2.41. The Kier molecular flexibility index (Phi) is 12.9. The molecule has 0 N–H and O–H groups in total. The van der Waals surface area contributed by atoms with Crippen LogP contribution in [0.5, 0.6) is 0 Å². The van der Waals surface area contributed by atoms with E-state index < -0.39 is 16.1 Å². The number of rotatable bonds is 13. The van der Waals surface area contributed by atoms with Gasteiger partial charge in [-0.3, -0.25) is 10.1 Å². The molecule has 1 saturated heterocycles. The van der Waals surface area contributed by atoms with E-state index in [1.54, 1.807) is 12.1 Å². The van der Waals surface area contributed by atoms with Crippen LogP contribution in [0.25, 0.3) is 11.1 Å². The lowest BCUT2D eigenvalue weighted by molar-refractivity contribution is -0.384. The van der Waals surface area contributed by atoms with Crippen LogP contribution in [0.2, 0.25) is 51.4 Å². The summed E-state index contributed by atoms with van der Waals surface area (Å²) >= 11 is 0. The maximum Gasteiger partial charge on any atom is 0.498 e. The van der Waals surface area contributed by atoms with E-state index in [9.17, 15) is 10.1 Å². The first-order chi connectivity index (χ1) is 22.0. The molecule has 266 valence electrons. The summed E-state index contributed by atoms with van der Waals surface area (Å²) in [5, 5.41) is 20.0. The molecule has 0 saturated carbocycles.